The van der Waals surface area contributed by atoms with Crippen LogP contribution in [0.4, 0.5) is 11.4 Å². The summed E-state index contributed by atoms with van der Waals surface area (Å²) in [7, 11) is 0. The average molecular weight is 444 g/mol. The van der Waals surface area contributed by atoms with Gasteiger partial charge in [-0.25, -0.2) is 4.79 Å². The van der Waals surface area contributed by atoms with Gasteiger partial charge in [0.1, 0.15) is 6.54 Å². The van der Waals surface area contributed by atoms with Crippen LogP contribution in [0.15, 0.2) is 76.7 Å². The molecule has 1 aromatic heterocycles. The molecule has 0 aliphatic carbocycles. The lowest BCUT2D eigenvalue weighted by molar-refractivity contribution is -0.117. The van der Waals surface area contributed by atoms with Gasteiger partial charge in [0.15, 0.2) is 5.82 Å². The summed E-state index contributed by atoms with van der Waals surface area (Å²) >= 11 is 0. The van der Waals surface area contributed by atoms with E-state index in [1.54, 1.807) is 67.1 Å². The molecule has 0 unspecified atom stereocenters. The molecule has 2 amide bonds. The van der Waals surface area contributed by atoms with E-state index < -0.39 is 11.2 Å². The number of amides is 2. The number of carbonyl (C=O) groups excluding carboxylic acids is 2. The number of nitrogens with zero attached hydrogens (tertiary/aromatic N) is 4. The summed E-state index contributed by atoms with van der Waals surface area (Å²) in [6.07, 6.45) is 4.77. The van der Waals surface area contributed by atoms with E-state index in [1.165, 1.54) is 11.5 Å². The maximum atomic E-state index is 12.9. The van der Waals surface area contributed by atoms with E-state index in [0.717, 1.165) is 4.57 Å². The lowest BCUT2D eigenvalue weighted by atomic mass is 10.2. The summed E-state index contributed by atoms with van der Waals surface area (Å²) in [5.74, 6) is -0.427. The Morgan fingerprint density at radius 1 is 0.970 bits per heavy atom. The zero-order chi connectivity index (χ0) is 23.4. The van der Waals surface area contributed by atoms with Crippen LogP contribution in [0.5, 0.6) is 0 Å². The van der Waals surface area contributed by atoms with Crippen molar-refractivity contribution >= 4 is 23.2 Å². The van der Waals surface area contributed by atoms with Crippen molar-refractivity contribution in [3.8, 4) is 11.4 Å². The van der Waals surface area contributed by atoms with Crippen LogP contribution < -0.4 is 21.9 Å². The van der Waals surface area contributed by atoms with Crippen LogP contribution in [0.1, 0.15) is 12.5 Å². The van der Waals surface area contributed by atoms with Crippen LogP contribution in [-0.4, -0.2) is 30.9 Å². The van der Waals surface area contributed by atoms with Gasteiger partial charge in [-0.2, -0.15) is 4.98 Å². The van der Waals surface area contributed by atoms with Crippen molar-refractivity contribution in [1.82, 2.24) is 19.1 Å². The minimum atomic E-state index is -0.703. The Bertz CT molecular complexity index is 1390. The molecule has 0 radical (unpaired) electrons. The number of fused-ring (bicyclic) bond motifs is 1. The van der Waals surface area contributed by atoms with E-state index in [2.05, 4.69) is 20.6 Å². The van der Waals surface area contributed by atoms with E-state index >= 15 is 0 Å². The Kier molecular flexibility index (Phi) is 6.07. The fraction of sp³-hybridized carbons (Fsp3) is 0.130. The molecule has 0 atom stereocenters. The van der Waals surface area contributed by atoms with Gasteiger partial charge < -0.3 is 15.2 Å². The Morgan fingerprint density at radius 2 is 1.70 bits per heavy atom. The molecule has 0 fully saturated rings. The molecule has 10 nitrogen and oxygen atoms in total. The molecule has 2 aliphatic rings. The molecule has 33 heavy (non-hydrogen) atoms. The number of nitrogens with one attached hydrogen (secondary N) is 2. The van der Waals surface area contributed by atoms with E-state index in [9.17, 15) is 19.2 Å². The number of hydrogen-bond donors (Lipinski definition) is 2. The summed E-state index contributed by atoms with van der Waals surface area (Å²) in [5, 5.41) is 5.39. The zero-order valence-electron chi connectivity index (χ0n) is 17.7. The predicted octanol–water partition coefficient (Wildman–Crippen LogP) is 1.55. The molecule has 4 rings (SSSR count). The van der Waals surface area contributed by atoms with Crippen LogP contribution in [0, 0.1) is 0 Å². The Hall–Kier alpha value is -4.60. The number of pyridine rings is 2. The molecule has 0 saturated heterocycles. The Labute approximate surface area is 187 Å². The van der Waals surface area contributed by atoms with Crippen molar-refractivity contribution in [3.63, 3.8) is 0 Å². The zero-order valence-corrected chi connectivity index (χ0v) is 17.7. The number of benzene rings is 1. The lowest BCUT2D eigenvalue weighted by Gasteiger charge is -2.15. The smallest absolute Gasteiger partial charge is 0.326 e. The maximum Gasteiger partial charge on any atom is 0.352 e. The first-order valence-electron chi connectivity index (χ1n) is 10.1. The van der Waals surface area contributed by atoms with Crippen molar-refractivity contribution in [3.05, 3.63) is 93.5 Å². The fourth-order valence-corrected chi connectivity index (χ4v) is 3.35. The number of aromatic nitrogens is 4. The Morgan fingerprint density at radius 3 is 2.36 bits per heavy atom. The summed E-state index contributed by atoms with van der Waals surface area (Å²) in [5.41, 5.74) is 0.881. The SMILES string of the molecule is CC(=O)Nc1ccc(NC(=O)Cn2cccc3c(=O)n(Cc4cccnc4)c(=O)nc2-3)cc1. The molecule has 0 bridgehead atoms. The molecule has 0 saturated carbocycles. The molecule has 0 spiro atoms. The van der Waals surface area contributed by atoms with Crippen LogP contribution >= 0.6 is 0 Å². The van der Waals surface area contributed by atoms with Gasteiger partial charge in [-0.1, -0.05) is 6.07 Å². The highest BCUT2D eigenvalue weighted by atomic mass is 16.2. The first-order chi connectivity index (χ1) is 15.9. The lowest BCUT2D eigenvalue weighted by Crippen LogP contribution is -2.38. The highest BCUT2D eigenvalue weighted by Gasteiger charge is 2.18. The van der Waals surface area contributed by atoms with Crippen molar-refractivity contribution in [2.45, 2.75) is 20.0 Å². The highest BCUT2D eigenvalue weighted by Crippen LogP contribution is 2.16. The van der Waals surface area contributed by atoms with Gasteiger partial charge in [0.05, 0.1) is 12.1 Å². The molecule has 2 aliphatic heterocycles. The summed E-state index contributed by atoms with van der Waals surface area (Å²) < 4.78 is 2.49. The second kappa shape index (κ2) is 9.27. The molecular formula is C23H20N6O4. The fourth-order valence-electron chi connectivity index (χ4n) is 3.35. The van der Waals surface area contributed by atoms with E-state index in [0.29, 0.717) is 16.9 Å². The molecule has 10 heteroatoms. The van der Waals surface area contributed by atoms with Crippen LogP contribution in [0.3, 0.4) is 0 Å². The minimum Gasteiger partial charge on any atom is -0.326 e. The third kappa shape index (κ3) is 5.01. The predicted molar refractivity (Wildman–Crippen MR) is 122 cm³/mol. The van der Waals surface area contributed by atoms with Crippen molar-refractivity contribution < 1.29 is 9.59 Å². The van der Waals surface area contributed by atoms with Crippen molar-refractivity contribution in [1.29, 1.82) is 0 Å². The highest BCUT2D eigenvalue weighted by molar-refractivity contribution is 5.92. The van der Waals surface area contributed by atoms with Gasteiger partial charge in [0.25, 0.3) is 5.56 Å². The minimum absolute atomic E-state index is 0.0539. The number of hydrogen-bond acceptors (Lipinski definition) is 6. The van der Waals surface area contributed by atoms with Gasteiger partial charge in [-0.3, -0.25) is 23.9 Å². The summed E-state index contributed by atoms with van der Waals surface area (Å²) in [4.78, 5) is 57.3. The van der Waals surface area contributed by atoms with Gasteiger partial charge in [0, 0.05) is 36.9 Å². The molecule has 166 valence electrons. The topological polar surface area (TPSA) is 128 Å². The standard InChI is InChI=1S/C23H20N6O4/c1-15(30)25-17-6-8-18(9-7-17)26-20(31)14-28-11-3-5-19-21(28)27-23(33)29(22(19)32)13-16-4-2-10-24-12-16/h2-12H,13-14H2,1H3,(H,25,30)(H,26,31). The van der Waals surface area contributed by atoms with E-state index in [4.69, 9.17) is 0 Å². The van der Waals surface area contributed by atoms with Crippen LogP contribution in [0.2, 0.25) is 0 Å². The van der Waals surface area contributed by atoms with Crippen LogP contribution in [0.25, 0.3) is 11.4 Å². The second-order valence-electron chi connectivity index (χ2n) is 7.33. The number of anilines is 2. The molecule has 2 aromatic rings. The maximum absolute atomic E-state index is 12.9. The van der Waals surface area contributed by atoms with Gasteiger partial charge in [0.2, 0.25) is 11.8 Å². The van der Waals surface area contributed by atoms with Gasteiger partial charge >= 0.3 is 5.69 Å². The second-order valence-corrected chi connectivity index (χ2v) is 7.33. The van der Waals surface area contributed by atoms with Gasteiger partial charge in [-0.05, 0) is 48.0 Å². The van der Waals surface area contributed by atoms with Gasteiger partial charge in [-0.15, -0.1) is 0 Å². The van der Waals surface area contributed by atoms with Crippen molar-refractivity contribution in [2.24, 2.45) is 0 Å². The third-order valence-electron chi connectivity index (χ3n) is 4.82. The number of rotatable bonds is 6. The quantitative estimate of drug-likeness (QED) is 0.464. The van der Waals surface area contributed by atoms with E-state index in [-0.39, 0.29) is 36.3 Å². The summed E-state index contributed by atoms with van der Waals surface area (Å²) in [6.45, 7) is 1.31. The molecule has 3 heterocycles. The molecular weight excluding hydrogens is 424 g/mol. The van der Waals surface area contributed by atoms with Crippen LogP contribution in [-0.2, 0) is 22.7 Å². The van der Waals surface area contributed by atoms with Crippen molar-refractivity contribution in [2.75, 3.05) is 10.6 Å². The number of carbonyl (C=O) groups is 2. The largest absolute Gasteiger partial charge is 0.352 e. The average Bonchev–Trinajstić information content (AvgIpc) is 2.79. The molecule has 1 aromatic carbocycles. The third-order valence-corrected chi connectivity index (χ3v) is 4.82. The molecule has 2 N–H and O–H groups in total. The van der Waals surface area contributed by atoms with E-state index in [1.807, 2.05) is 0 Å². The first-order valence-corrected chi connectivity index (χ1v) is 10.1. The normalized spacial score (nSPS) is 10.7. The Balaban J connectivity index is 1.56. The first kappa shape index (κ1) is 21.6. The summed E-state index contributed by atoms with van der Waals surface area (Å²) in [6, 6.07) is 13.3. The monoisotopic (exact) mass is 444 g/mol.